The zero-order valence-corrected chi connectivity index (χ0v) is 9.29. The smallest absolute Gasteiger partial charge is 0.259 e. The average molecular weight is 222 g/mol. The van der Waals surface area contributed by atoms with Gasteiger partial charge in [-0.15, -0.1) is 0 Å². The molecule has 0 amide bonds. The van der Waals surface area contributed by atoms with Crippen molar-refractivity contribution < 1.29 is 0 Å². The van der Waals surface area contributed by atoms with E-state index in [1.807, 2.05) is 31.3 Å². The SMILES string of the molecule is CCCn1ccc2cccc(Cl)c2c1=O. The molecule has 2 aromatic rings. The molecule has 1 aromatic carbocycles. The molecule has 15 heavy (non-hydrogen) atoms. The van der Waals surface area contributed by atoms with Crippen molar-refractivity contribution in [1.29, 1.82) is 0 Å². The van der Waals surface area contributed by atoms with Gasteiger partial charge in [0.05, 0.1) is 10.4 Å². The Balaban J connectivity index is 2.77. The van der Waals surface area contributed by atoms with Gasteiger partial charge in [-0.1, -0.05) is 30.7 Å². The summed E-state index contributed by atoms with van der Waals surface area (Å²) in [6.45, 7) is 2.78. The number of aromatic nitrogens is 1. The highest BCUT2D eigenvalue weighted by atomic mass is 35.5. The number of pyridine rings is 1. The van der Waals surface area contributed by atoms with E-state index in [0.29, 0.717) is 10.4 Å². The first-order valence-corrected chi connectivity index (χ1v) is 5.39. The maximum Gasteiger partial charge on any atom is 0.259 e. The number of benzene rings is 1. The molecule has 0 aliphatic heterocycles. The van der Waals surface area contributed by atoms with Crippen LogP contribution in [0.15, 0.2) is 35.3 Å². The van der Waals surface area contributed by atoms with Gasteiger partial charge in [-0.25, -0.2) is 0 Å². The number of hydrogen-bond donors (Lipinski definition) is 0. The van der Waals surface area contributed by atoms with E-state index in [1.54, 1.807) is 10.6 Å². The molecular weight excluding hydrogens is 210 g/mol. The average Bonchev–Trinajstić information content (AvgIpc) is 2.22. The standard InChI is InChI=1S/C12H12ClNO/c1-2-7-14-8-6-9-4-3-5-10(13)11(9)12(14)15/h3-6,8H,2,7H2,1H3. The van der Waals surface area contributed by atoms with Crippen molar-refractivity contribution in [2.24, 2.45) is 0 Å². The normalized spacial score (nSPS) is 10.8. The van der Waals surface area contributed by atoms with Crippen LogP contribution < -0.4 is 5.56 Å². The second kappa shape index (κ2) is 4.07. The van der Waals surface area contributed by atoms with Crippen molar-refractivity contribution in [3.05, 3.63) is 45.8 Å². The molecule has 2 rings (SSSR count). The zero-order chi connectivity index (χ0) is 10.8. The van der Waals surface area contributed by atoms with E-state index in [4.69, 9.17) is 11.6 Å². The van der Waals surface area contributed by atoms with Gasteiger partial charge in [0.15, 0.2) is 0 Å². The predicted octanol–water partition coefficient (Wildman–Crippen LogP) is 3.06. The molecule has 0 bridgehead atoms. The number of rotatable bonds is 2. The molecule has 0 fully saturated rings. The molecule has 1 heterocycles. The van der Waals surface area contributed by atoms with Crippen LogP contribution in [0.3, 0.4) is 0 Å². The van der Waals surface area contributed by atoms with Gasteiger partial charge in [-0.2, -0.15) is 0 Å². The number of aryl methyl sites for hydroxylation is 1. The van der Waals surface area contributed by atoms with Gasteiger partial charge in [-0.3, -0.25) is 4.79 Å². The Labute approximate surface area is 93.1 Å². The van der Waals surface area contributed by atoms with Gasteiger partial charge in [0, 0.05) is 12.7 Å². The Morgan fingerprint density at radius 2 is 2.13 bits per heavy atom. The molecule has 0 aliphatic rings. The molecule has 0 aliphatic carbocycles. The van der Waals surface area contributed by atoms with Gasteiger partial charge in [0.2, 0.25) is 0 Å². The van der Waals surface area contributed by atoms with Crippen LogP contribution >= 0.6 is 11.6 Å². The second-order valence-electron chi connectivity index (χ2n) is 3.52. The zero-order valence-electron chi connectivity index (χ0n) is 8.53. The lowest BCUT2D eigenvalue weighted by Gasteiger charge is -2.06. The van der Waals surface area contributed by atoms with E-state index in [1.165, 1.54) is 0 Å². The Kier molecular flexibility index (Phi) is 2.78. The van der Waals surface area contributed by atoms with Crippen LogP contribution in [-0.4, -0.2) is 4.57 Å². The van der Waals surface area contributed by atoms with Crippen LogP contribution in [0.2, 0.25) is 5.02 Å². The molecule has 0 atom stereocenters. The number of halogens is 1. The van der Waals surface area contributed by atoms with E-state index >= 15 is 0 Å². The minimum Gasteiger partial charge on any atom is -0.315 e. The molecule has 0 N–H and O–H groups in total. The highest BCUT2D eigenvalue weighted by Gasteiger charge is 2.05. The van der Waals surface area contributed by atoms with Crippen molar-refractivity contribution in [3.8, 4) is 0 Å². The number of hydrogen-bond acceptors (Lipinski definition) is 1. The molecular formula is C12H12ClNO. The summed E-state index contributed by atoms with van der Waals surface area (Å²) in [5, 5.41) is 2.05. The summed E-state index contributed by atoms with van der Waals surface area (Å²) >= 11 is 6.02. The Hall–Kier alpha value is -1.28. The maximum atomic E-state index is 12.0. The Morgan fingerprint density at radius 1 is 1.33 bits per heavy atom. The summed E-state index contributed by atoms with van der Waals surface area (Å²) in [5.41, 5.74) is -0.0000463. The molecule has 3 heteroatoms. The fraction of sp³-hybridized carbons (Fsp3) is 0.250. The van der Waals surface area contributed by atoms with E-state index in [2.05, 4.69) is 0 Å². The van der Waals surface area contributed by atoms with Crippen molar-refractivity contribution in [2.75, 3.05) is 0 Å². The Morgan fingerprint density at radius 3 is 2.87 bits per heavy atom. The number of nitrogens with zero attached hydrogens (tertiary/aromatic N) is 1. The van der Waals surface area contributed by atoms with Crippen molar-refractivity contribution in [2.45, 2.75) is 19.9 Å². The van der Waals surface area contributed by atoms with Crippen LogP contribution in [0.25, 0.3) is 10.8 Å². The van der Waals surface area contributed by atoms with Gasteiger partial charge in [0.1, 0.15) is 0 Å². The highest BCUT2D eigenvalue weighted by Crippen LogP contribution is 2.19. The first-order chi connectivity index (χ1) is 7.24. The summed E-state index contributed by atoms with van der Waals surface area (Å²) in [5.74, 6) is 0. The van der Waals surface area contributed by atoms with Crippen LogP contribution in [0.1, 0.15) is 13.3 Å². The first kappa shape index (κ1) is 10.2. The lowest BCUT2D eigenvalue weighted by atomic mass is 10.2. The lowest BCUT2D eigenvalue weighted by molar-refractivity contribution is 0.659. The third-order valence-corrected chi connectivity index (χ3v) is 2.73. The lowest BCUT2D eigenvalue weighted by Crippen LogP contribution is -2.19. The van der Waals surface area contributed by atoms with Crippen molar-refractivity contribution in [1.82, 2.24) is 4.57 Å². The van der Waals surface area contributed by atoms with Crippen LogP contribution in [0.4, 0.5) is 0 Å². The quantitative estimate of drug-likeness (QED) is 0.764. The summed E-state index contributed by atoms with van der Waals surface area (Å²) in [6.07, 6.45) is 2.76. The molecule has 1 aromatic heterocycles. The second-order valence-corrected chi connectivity index (χ2v) is 3.93. The molecule has 2 nitrogen and oxygen atoms in total. The van der Waals surface area contributed by atoms with Crippen molar-refractivity contribution >= 4 is 22.4 Å². The van der Waals surface area contributed by atoms with Gasteiger partial charge >= 0.3 is 0 Å². The minimum absolute atomic E-state index is 0.0000463. The maximum absolute atomic E-state index is 12.0. The molecule has 0 saturated carbocycles. The topological polar surface area (TPSA) is 22.0 Å². The van der Waals surface area contributed by atoms with E-state index in [0.717, 1.165) is 18.4 Å². The summed E-state index contributed by atoms with van der Waals surface area (Å²) < 4.78 is 1.70. The largest absolute Gasteiger partial charge is 0.315 e. The molecule has 0 radical (unpaired) electrons. The van der Waals surface area contributed by atoms with E-state index < -0.39 is 0 Å². The Bertz CT molecular complexity index is 545. The summed E-state index contributed by atoms with van der Waals surface area (Å²) in [7, 11) is 0. The van der Waals surface area contributed by atoms with Gasteiger partial charge in [0.25, 0.3) is 5.56 Å². The summed E-state index contributed by atoms with van der Waals surface area (Å²) in [6, 6.07) is 7.44. The molecule has 0 spiro atoms. The first-order valence-electron chi connectivity index (χ1n) is 5.01. The predicted molar refractivity (Wildman–Crippen MR) is 63.5 cm³/mol. The van der Waals surface area contributed by atoms with Crippen molar-refractivity contribution in [3.63, 3.8) is 0 Å². The minimum atomic E-state index is -0.0000463. The fourth-order valence-corrected chi connectivity index (χ4v) is 1.97. The molecule has 78 valence electrons. The summed E-state index contributed by atoms with van der Waals surface area (Å²) in [4.78, 5) is 12.0. The molecule has 0 unspecified atom stereocenters. The fourth-order valence-electron chi connectivity index (χ4n) is 1.70. The van der Waals surface area contributed by atoms with Crippen LogP contribution in [-0.2, 0) is 6.54 Å². The van der Waals surface area contributed by atoms with Crippen LogP contribution in [0.5, 0.6) is 0 Å². The highest BCUT2D eigenvalue weighted by molar-refractivity contribution is 6.35. The molecule has 0 saturated heterocycles. The van der Waals surface area contributed by atoms with Gasteiger partial charge in [-0.05, 0) is 23.9 Å². The monoisotopic (exact) mass is 221 g/mol. The third kappa shape index (κ3) is 1.77. The van der Waals surface area contributed by atoms with Crippen LogP contribution in [0, 0.1) is 0 Å². The van der Waals surface area contributed by atoms with E-state index in [9.17, 15) is 4.79 Å². The van der Waals surface area contributed by atoms with E-state index in [-0.39, 0.29) is 5.56 Å². The third-order valence-electron chi connectivity index (χ3n) is 2.42. The van der Waals surface area contributed by atoms with Gasteiger partial charge < -0.3 is 4.57 Å². The number of fused-ring (bicyclic) bond motifs is 1.